The van der Waals surface area contributed by atoms with Gasteiger partial charge in [0.2, 0.25) is 5.76 Å². The molecule has 0 saturated carbocycles. The first-order chi connectivity index (χ1) is 21.0. The van der Waals surface area contributed by atoms with Crippen LogP contribution in [0.25, 0.3) is 38.1 Å². The molecule has 0 saturated heterocycles. The van der Waals surface area contributed by atoms with Crippen molar-refractivity contribution in [2.24, 2.45) is 0 Å². The summed E-state index contributed by atoms with van der Waals surface area (Å²) in [5, 5.41) is 42.5. The van der Waals surface area contributed by atoms with Crippen LogP contribution in [-0.2, 0) is 16.0 Å². The second-order valence-electron chi connectivity index (χ2n) is 9.61. The van der Waals surface area contributed by atoms with Crippen LogP contribution in [0.3, 0.4) is 0 Å². The quantitative estimate of drug-likeness (QED) is 0.0631. The van der Waals surface area contributed by atoms with Gasteiger partial charge in [-0.1, -0.05) is 12.1 Å². The molecule has 0 atom stereocenters. The van der Waals surface area contributed by atoms with E-state index in [0.29, 0.717) is 10.8 Å². The van der Waals surface area contributed by atoms with Gasteiger partial charge < -0.3 is 39.1 Å². The first-order valence-corrected chi connectivity index (χ1v) is 12.9. The first kappa shape index (κ1) is 29.5. The monoisotopic (exact) mass is 600 g/mol. The number of aromatic hydroxyl groups is 2. The molecule has 12 nitrogen and oxygen atoms in total. The number of carbonyl (C=O) groups is 3. The average molecular weight is 601 g/mol. The van der Waals surface area contributed by atoms with E-state index in [-0.39, 0.29) is 61.2 Å². The Hall–Kier alpha value is -6.04. The summed E-state index contributed by atoms with van der Waals surface area (Å²) in [5.41, 5.74) is -1.23. The predicted octanol–water partition coefficient (Wildman–Crippen LogP) is 4.72. The molecule has 5 rings (SSSR count). The zero-order valence-electron chi connectivity index (χ0n) is 23.5. The van der Waals surface area contributed by atoms with Crippen molar-refractivity contribution in [1.29, 1.82) is 0 Å². The van der Waals surface area contributed by atoms with E-state index in [1.807, 2.05) is 0 Å². The van der Waals surface area contributed by atoms with Crippen LogP contribution in [0.5, 0.6) is 23.0 Å². The number of fused-ring (bicyclic) bond motifs is 3. The van der Waals surface area contributed by atoms with Crippen molar-refractivity contribution in [2.75, 3.05) is 21.3 Å². The van der Waals surface area contributed by atoms with Crippen molar-refractivity contribution in [3.8, 4) is 23.0 Å². The molecule has 0 unspecified atom stereocenters. The lowest BCUT2D eigenvalue weighted by molar-refractivity contribution is -0.136. The van der Waals surface area contributed by atoms with E-state index >= 15 is 0 Å². The van der Waals surface area contributed by atoms with Gasteiger partial charge >= 0.3 is 17.6 Å². The minimum absolute atomic E-state index is 0.0185. The number of rotatable bonds is 8. The molecular weight excluding hydrogens is 576 g/mol. The fourth-order valence-corrected chi connectivity index (χ4v) is 5.23. The number of aliphatic hydroxyl groups is 1. The Morgan fingerprint density at radius 3 is 2.09 bits per heavy atom. The number of ketones is 1. The molecule has 1 heterocycles. The Morgan fingerprint density at radius 2 is 1.48 bits per heavy atom. The number of allylic oxidation sites excluding steroid dienone is 1. The van der Waals surface area contributed by atoms with E-state index in [1.165, 1.54) is 50.6 Å². The maximum atomic E-state index is 13.7. The second kappa shape index (κ2) is 11.3. The van der Waals surface area contributed by atoms with Gasteiger partial charge in [0.25, 0.3) is 0 Å². The van der Waals surface area contributed by atoms with E-state index in [9.17, 15) is 39.6 Å². The van der Waals surface area contributed by atoms with Crippen LogP contribution in [-0.4, -0.2) is 59.5 Å². The van der Waals surface area contributed by atoms with Gasteiger partial charge in [0.1, 0.15) is 34.1 Å². The molecule has 4 N–H and O–H groups in total. The molecule has 0 aliphatic carbocycles. The molecule has 0 aliphatic rings. The van der Waals surface area contributed by atoms with Gasteiger partial charge in [0.05, 0.1) is 49.6 Å². The second-order valence-corrected chi connectivity index (χ2v) is 9.61. The number of carboxylic acid groups (broad SMARTS) is 1. The lowest BCUT2D eigenvalue weighted by Gasteiger charge is -2.19. The number of hydrogen-bond donors (Lipinski definition) is 4. The Labute approximate surface area is 247 Å². The maximum Gasteiger partial charge on any atom is 0.374 e. The molecule has 44 heavy (non-hydrogen) atoms. The Balaban J connectivity index is 1.87. The minimum atomic E-state index is -1.26. The number of aliphatic carboxylic acids is 1. The third kappa shape index (κ3) is 4.87. The molecule has 0 aliphatic heterocycles. The van der Waals surface area contributed by atoms with E-state index in [1.54, 1.807) is 12.1 Å². The number of esters is 1. The van der Waals surface area contributed by atoms with Crippen molar-refractivity contribution >= 4 is 55.8 Å². The summed E-state index contributed by atoms with van der Waals surface area (Å²) in [6, 6.07) is 11.5. The smallest absolute Gasteiger partial charge is 0.374 e. The fraction of sp³-hybridized carbons (Fsp3) is 0.125. The highest BCUT2D eigenvalue weighted by Crippen LogP contribution is 2.47. The van der Waals surface area contributed by atoms with Crippen molar-refractivity contribution in [3.63, 3.8) is 0 Å². The molecule has 12 heteroatoms. The summed E-state index contributed by atoms with van der Waals surface area (Å²) in [6.07, 6.45) is 0.220. The van der Waals surface area contributed by atoms with Crippen molar-refractivity contribution in [1.82, 2.24) is 0 Å². The summed E-state index contributed by atoms with van der Waals surface area (Å²) < 4.78 is 21.0. The van der Waals surface area contributed by atoms with Crippen LogP contribution in [0, 0.1) is 0 Å². The lowest BCUT2D eigenvalue weighted by atomic mass is 9.90. The third-order valence-electron chi connectivity index (χ3n) is 7.04. The predicted molar refractivity (Wildman–Crippen MR) is 158 cm³/mol. The molecule has 0 fully saturated rings. The highest BCUT2D eigenvalue weighted by Gasteiger charge is 2.27. The average Bonchev–Trinajstić information content (AvgIpc) is 2.98. The van der Waals surface area contributed by atoms with Gasteiger partial charge in [-0.15, -0.1) is 0 Å². The topological polar surface area (TPSA) is 190 Å². The number of benzene rings is 4. The molecule has 0 bridgehead atoms. The number of methoxy groups -OCH3 is 3. The summed E-state index contributed by atoms with van der Waals surface area (Å²) in [7, 11) is 3.65. The number of para-hydroxylation sites is 1. The van der Waals surface area contributed by atoms with E-state index in [2.05, 4.69) is 4.74 Å². The zero-order chi connectivity index (χ0) is 31.9. The molecule has 0 radical (unpaired) electrons. The first-order valence-electron chi connectivity index (χ1n) is 12.9. The van der Waals surface area contributed by atoms with Crippen molar-refractivity contribution < 1.29 is 53.4 Å². The van der Waals surface area contributed by atoms with E-state index in [0.717, 1.165) is 13.2 Å². The molecule has 5 aromatic rings. The van der Waals surface area contributed by atoms with Gasteiger partial charge in [-0.3, -0.25) is 9.59 Å². The van der Waals surface area contributed by atoms with Crippen molar-refractivity contribution in [2.45, 2.75) is 6.42 Å². The maximum absolute atomic E-state index is 13.7. The minimum Gasteiger partial charge on any atom is -0.507 e. The summed E-state index contributed by atoms with van der Waals surface area (Å²) >= 11 is 0. The van der Waals surface area contributed by atoms with Crippen LogP contribution >= 0.6 is 0 Å². The number of hydrogen-bond acceptors (Lipinski definition) is 11. The molecule has 4 aromatic carbocycles. The Bertz CT molecular complexity index is 2120. The lowest BCUT2D eigenvalue weighted by Crippen LogP contribution is -2.11. The zero-order valence-corrected chi connectivity index (χ0v) is 23.5. The number of carbonyl (C=O) groups excluding carboxylic acids is 2. The van der Waals surface area contributed by atoms with Gasteiger partial charge in [-0.25, -0.2) is 9.59 Å². The van der Waals surface area contributed by atoms with Crippen molar-refractivity contribution in [3.05, 3.63) is 87.5 Å². The summed E-state index contributed by atoms with van der Waals surface area (Å²) in [4.78, 5) is 50.4. The Morgan fingerprint density at radius 1 is 0.841 bits per heavy atom. The number of aliphatic hydroxyl groups excluding tert-OH is 1. The van der Waals surface area contributed by atoms with E-state index in [4.69, 9.17) is 13.9 Å². The van der Waals surface area contributed by atoms with Crippen LogP contribution in [0.15, 0.2) is 63.8 Å². The fourth-order valence-electron chi connectivity index (χ4n) is 5.23. The molecule has 0 amide bonds. The molecule has 224 valence electrons. The van der Waals surface area contributed by atoms with Crippen LogP contribution in [0.4, 0.5) is 0 Å². The van der Waals surface area contributed by atoms with Crippen LogP contribution < -0.4 is 15.1 Å². The largest absolute Gasteiger partial charge is 0.507 e. The summed E-state index contributed by atoms with van der Waals surface area (Å²) in [6.45, 7) is 0. The number of carboxylic acids is 1. The van der Waals surface area contributed by atoms with Gasteiger partial charge in [0.15, 0.2) is 5.78 Å². The summed E-state index contributed by atoms with van der Waals surface area (Å²) in [5.74, 6) is -4.94. The highest BCUT2D eigenvalue weighted by atomic mass is 16.5. The molecule has 0 spiro atoms. The Kier molecular flexibility index (Phi) is 7.58. The normalized spacial score (nSPS) is 11.6. The van der Waals surface area contributed by atoms with Crippen LogP contribution in [0.2, 0.25) is 0 Å². The third-order valence-corrected chi connectivity index (χ3v) is 7.04. The van der Waals surface area contributed by atoms with E-state index < -0.39 is 41.3 Å². The van der Waals surface area contributed by atoms with Gasteiger partial charge in [0, 0.05) is 6.08 Å². The molecular formula is C32H24O12. The number of ether oxygens (including phenoxy) is 3. The highest BCUT2D eigenvalue weighted by molar-refractivity contribution is 6.20. The number of phenolic OH excluding ortho intramolecular Hbond substituents is 2. The molecule has 1 aromatic heterocycles. The SMILES string of the molecule is COC(=O)c1cc2cc3cc4cc(CC(=O)O)c(C(=O)/C=C(\O)c5ccccc5O)c(OC)c4c(OC)c3c(O)c2c(=O)o1. The van der Waals surface area contributed by atoms with Crippen LogP contribution in [0.1, 0.15) is 32.0 Å². The standard InChI is InChI=1S/C32H24O12/c1-41-29-24(21(35)13-20(34)18-6-4-5-7-19(18)33)17(12-23(36)37)10-15-8-14-9-16-11-22(31(39)43-3)44-32(40)26(16)28(38)25(14)30(42-2)27(15)29/h4-11,13,33-34,38H,12H2,1-3H3,(H,36,37)/b20-13-. The number of phenols is 2. The van der Waals surface area contributed by atoms with Gasteiger partial charge in [-0.05, 0) is 58.1 Å². The van der Waals surface area contributed by atoms with Gasteiger partial charge in [-0.2, -0.15) is 0 Å².